The van der Waals surface area contributed by atoms with Crippen LogP contribution in [0.3, 0.4) is 0 Å². The number of carbonyl (C=O) groups excluding carboxylic acids is 3. The summed E-state index contributed by atoms with van der Waals surface area (Å²) in [4.78, 5) is 48.4. The molecule has 3 amide bonds. The Morgan fingerprint density at radius 3 is 2.54 bits per heavy atom. The molecule has 1 aromatic heterocycles. The summed E-state index contributed by atoms with van der Waals surface area (Å²) in [5, 5.41) is 6.34. The van der Waals surface area contributed by atoms with Gasteiger partial charge >= 0.3 is 6.18 Å². The minimum absolute atomic E-state index is 0.00724. The van der Waals surface area contributed by atoms with Gasteiger partial charge in [-0.2, -0.15) is 13.2 Å². The number of ether oxygens (including phenoxy) is 1. The smallest absolute Gasteiger partial charge is 0.416 e. The van der Waals surface area contributed by atoms with Crippen molar-refractivity contribution in [2.24, 2.45) is 5.92 Å². The molecule has 16 heteroatoms. The molecule has 0 unspecified atom stereocenters. The minimum Gasteiger partial charge on any atom is -0.465 e. The predicted molar refractivity (Wildman–Crippen MR) is 189 cm³/mol. The van der Waals surface area contributed by atoms with E-state index in [2.05, 4.69) is 20.3 Å². The zero-order chi connectivity index (χ0) is 36.9. The van der Waals surface area contributed by atoms with Crippen molar-refractivity contribution in [2.75, 3.05) is 11.9 Å². The van der Waals surface area contributed by atoms with Gasteiger partial charge in [-0.1, -0.05) is 48.5 Å². The number of allylic oxidation sites excluding steroid dienone is 1. The molecule has 0 bridgehead atoms. The highest BCUT2D eigenvalue weighted by molar-refractivity contribution is 7.91. The molecule has 2 aliphatic carbocycles. The second-order valence-corrected chi connectivity index (χ2v) is 17.6. The largest absolute Gasteiger partial charge is 0.465 e. The average molecular weight is 760 g/mol. The molecule has 4 aliphatic rings. The molecular weight excluding hydrogens is 720 g/mol. The summed E-state index contributed by atoms with van der Waals surface area (Å²) < 4.78 is 74.3. The van der Waals surface area contributed by atoms with Crippen LogP contribution < -0.4 is 20.1 Å². The fraction of sp³-hybridized carbons (Fsp3) is 0.500. The lowest BCUT2D eigenvalue weighted by atomic mass is 10.0. The molecular formula is C36H40F3N5O6S2. The van der Waals surface area contributed by atoms with Crippen molar-refractivity contribution in [3.8, 4) is 5.19 Å². The van der Waals surface area contributed by atoms with Crippen LogP contribution in [0.5, 0.6) is 5.19 Å². The first kappa shape index (κ1) is 36.2. The maximum atomic E-state index is 14.5. The number of hydrogen-bond donors (Lipinski definition) is 3. The Morgan fingerprint density at radius 2 is 1.83 bits per heavy atom. The molecule has 2 saturated carbocycles. The van der Waals surface area contributed by atoms with E-state index >= 15 is 0 Å². The highest BCUT2D eigenvalue weighted by Gasteiger charge is 2.63. The van der Waals surface area contributed by atoms with E-state index in [1.807, 2.05) is 36.4 Å². The van der Waals surface area contributed by atoms with Gasteiger partial charge in [0.05, 0.1) is 27.1 Å². The lowest BCUT2D eigenvalue weighted by Gasteiger charge is -2.30. The zero-order valence-corrected chi connectivity index (χ0v) is 30.1. The molecule has 0 radical (unpaired) electrons. The number of thiazole rings is 1. The maximum absolute atomic E-state index is 14.5. The van der Waals surface area contributed by atoms with Crippen LogP contribution >= 0.6 is 11.3 Å². The number of para-hydroxylation sites is 1. The van der Waals surface area contributed by atoms with Crippen molar-refractivity contribution in [1.82, 2.24) is 19.9 Å². The number of hydrogen-bond acceptors (Lipinski definition) is 9. The number of nitrogens with zero attached hydrogens (tertiary/aromatic N) is 2. The third-order valence-electron chi connectivity index (χ3n) is 10.6. The number of amides is 3. The molecule has 5 atom stereocenters. The van der Waals surface area contributed by atoms with E-state index in [-0.39, 0.29) is 19.4 Å². The number of nitrogens with one attached hydrogen (secondary N) is 3. The van der Waals surface area contributed by atoms with Gasteiger partial charge in [-0.05, 0) is 81.8 Å². The van der Waals surface area contributed by atoms with E-state index in [0.717, 1.165) is 35.2 Å². The number of sulfonamides is 1. The summed E-state index contributed by atoms with van der Waals surface area (Å²) in [6.07, 6.45) is 2.87. The number of aromatic nitrogens is 1. The fourth-order valence-corrected chi connectivity index (χ4v) is 9.14. The van der Waals surface area contributed by atoms with E-state index in [0.29, 0.717) is 43.0 Å². The highest BCUT2D eigenvalue weighted by Crippen LogP contribution is 2.47. The van der Waals surface area contributed by atoms with Crippen LogP contribution in [-0.2, 0) is 30.6 Å². The van der Waals surface area contributed by atoms with Crippen molar-refractivity contribution < 1.29 is 40.7 Å². The number of carbonyl (C=O) groups is 3. The second kappa shape index (κ2) is 13.7. The first-order chi connectivity index (χ1) is 24.7. The van der Waals surface area contributed by atoms with Gasteiger partial charge in [0.25, 0.3) is 11.1 Å². The topological polar surface area (TPSA) is 147 Å². The molecule has 11 nitrogen and oxygen atoms in total. The lowest BCUT2D eigenvalue weighted by Crippen LogP contribution is -2.58. The molecule has 0 spiro atoms. The van der Waals surface area contributed by atoms with Gasteiger partial charge in [-0.3, -0.25) is 19.1 Å². The Bertz CT molecular complexity index is 1970. The van der Waals surface area contributed by atoms with Crippen molar-refractivity contribution in [1.29, 1.82) is 0 Å². The first-order valence-electron chi connectivity index (χ1n) is 17.5. The average Bonchev–Trinajstić information content (AvgIpc) is 3.90. The summed E-state index contributed by atoms with van der Waals surface area (Å²) in [6, 6.07) is 9.94. The van der Waals surface area contributed by atoms with E-state index < -0.39 is 73.9 Å². The SMILES string of the molecule is CC1(S(=O)(=O)NC(=O)[C@@]23C[C@H]2C=CCCCCC[C@H](Nc2ccc(C(F)(F)F)cc2)C(=O)N2C[C@H](Oc4nc5ccccc5s4)C[C@H]2C(=O)N3)CC1. The van der Waals surface area contributed by atoms with Crippen LogP contribution in [0, 0.1) is 5.92 Å². The summed E-state index contributed by atoms with van der Waals surface area (Å²) in [5.41, 5.74) is -1.29. The van der Waals surface area contributed by atoms with Gasteiger partial charge in [0.2, 0.25) is 21.8 Å². The van der Waals surface area contributed by atoms with Crippen LogP contribution in [0.1, 0.15) is 70.3 Å². The molecule has 1 saturated heterocycles. The third kappa shape index (κ3) is 7.36. The molecule has 2 aliphatic heterocycles. The van der Waals surface area contributed by atoms with E-state index in [9.17, 15) is 36.0 Å². The molecule has 3 N–H and O–H groups in total. The van der Waals surface area contributed by atoms with Crippen molar-refractivity contribution in [3.63, 3.8) is 0 Å². The highest BCUT2D eigenvalue weighted by atomic mass is 32.2. The molecule has 52 heavy (non-hydrogen) atoms. The molecule has 278 valence electrons. The Labute approximate surface area is 303 Å². The minimum atomic E-state index is -4.52. The van der Waals surface area contributed by atoms with Crippen LogP contribution in [-0.4, -0.2) is 71.0 Å². The Morgan fingerprint density at radius 1 is 1.08 bits per heavy atom. The van der Waals surface area contributed by atoms with Gasteiger partial charge < -0.3 is 20.3 Å². The van der Waals surface area contributed by atoms with E-state index in [4.69, 9.17) is 4.74 Å². The van der Waals surface area contributed by atoms with Crippen LogP contribution in [0.25, 0.3) is 10.2 Å². The van der Waals surface area contributed by atoms with Crippen molar-refractivity contribution in [2.45, 2.75) is 99.4 Å². The second-order valence-electron chi connectivity index (χ2n) is 14.4. The van der Waals surface area contributed by atoms with Gasteiger partial charge in [-0.25, -0.2) is 13.4 Å². The van der Waals surface area contributed by atoms with Crippen LogP contribution in [0.15, 0.2) is 60.7 Å². The zero-order valence-electron chi connectivity index (χ0n) is 28.4. The standard InChI is InChI=1S/C36H40F3N5O6S2/c1-34(17-18-34)52(48,49)43-32(47)35-20-23(35)9-5-3-2-4-6-11-27(40-24-15-13-22(14-16-24)36(37,38)39)31(46)44-21-25(19-28(44)30(45)42-35)50-33-41-26-10-7-8-12-29(26)51-33/h5,7-10,12-16,23,25,27-28,40H,2-4,6,11,17-21H2,1H3,(H,42,45)(H,43,47)/t23-,25-,27+,28+,35-/m1/s1. The molecule has 3 fully saturated rings. The number of fused-ring (bicyclic) bond motifs is 3. The Hall–Kier alpha value is -4.18. The van der Waals surface area contributed by atoms with Gasteiger partial charge in [0.15, 0.2) is 0 Å². The van der Waals surface area contributed by atoms with Gasteiger partial charge in [-0.15, -0.1) is 0 Å². The predicted octanol–water partition coefficient (Wildman–Crippen LogP) is 5.54. The summed E-state index contributed by atoms with van der Waals surface area (Å²) >= 11 is 1.33. The quantitative estimate of drug-likeness (QED) is 0.267. The van der Waals surface area contributed by atoms with Crippen LogP contribution in [0.2, 0.25) is 0 Å². The number of anilines is 1. The third-order valence-corrected chi connectivity index (χ3v) is 13.7. The molecule has 2 aromatic carbocycles. The monoisotopic (exact) mass is 759 g/mol. The van der Waals surface area contributed by atoms with Gasteiger partial charge in [0, 0.05) is 18.0 Å². The van der Waals surface area contributed by atoms with E-state index in [1.54, 1.807) is 6.92 Å². The molecule has 3 aromatic rings. The molecule has 7 rings (SSSR count). The number of alkyl halides is 3. The number of rotatable bonds is 7. The summed E-state index contributed by atoms with van der Waals surface area (Å²) in [7, 11) is -3.99. The normalized spacial score (nSPS) is 27.8. The van der Waals surface area contributed by atoms with Gasteiger partial charge in [0.1, 0.15) is 23.7 Å². The Balaban J connectivity index is 1.18. The summed E-state index contributed by atoms with van der Waals surface area (Å²) in [6.45, 7) is 1.58. The van der Waals surface area contributed by atoms with Crippen LogP contribution in [0.4, 0.5) is 18.9 Å². The molecule has 3 heterocycles. The Kier molecular flexibility index (Phi) is 9.51. The van der Waals surface area contributed by atoms with Crippen molar-refractivity contribution in [3.05, 3.63) is 66.2 Å². The lowest BCUT2D eigenvalue weighted by molar-refractivity contribution is -0.140. The maximum Gasteiger partial charge on any atom is 0.416 e. The first-order valence-corrected chi connectivity index (χ1v) is 19.8. The number of benzene rings is 2. The van der Waals surface area contributed by atoms with Crippen molar-refractivity contribution >= 4 is 55.0 Å². The summed E-state index contributed by atoms with van der Waals surface area (Å²) in [5.74, 6) is -2.34. The fourth-order valence-electron chi connectivity index (χ4n) is 6.95. The number of halogens is 3. The van der Waals surface area contributed by atoms with E-state index in [1.165, 1.54) is 28.4 Å².